The van der Waals surface area contributed by atoms with Crippen LogP contribution in [-0.2, 0) is 0 Å². The summed E-state index contributed by atoms with van der Waals surface area (Å²) >= 11 is 0. The standard InChI is InChI=1S/C16H38BSi/c1-14(2)10-17(11-15(3)4,12-16(5)6)13-18(7,8)9/h14-16H,10-13H2,1-9H3/q-1. The van der Waals surface area contributed by atoms with Crippen LogP contribution in [0.3, 0.4) is 0 Å². The van der Waals surface area contributed by atoms with Gasteiger partial charge in [0, 0.05) is 8.07 Å². The van der Waals surface area contributed by atoms with Crippen LogP contribution in [0, 0.1) is 17.8 Å². The molecule has 0 saturated heterocycles. The van der Waals surface area contributed by atoms with Gasteiger partial charge in [-0.25, -0.2) is 0 Å². The zero-order chi connectivity index (χ0) is 14.6. The highest BCUT2D eigenvalue weighted by Crippen LogP contribution is 2.38. The van der Waals surface area contributed by atoms with Crippen molar-refractivity contribution in [2.75, 3.05) is 0 Å². The summed E-state index contributed by atoms with van der Waals surface area (Å²) in [4.78, 5) is 0. The second-order valence-electron chi connectivity index (χ2n) is 9.39. The zero-order valence-electron chi connectivity index (χ0n) is 14.6. The van der Waals surface area contributed by atoms with Gasteiger partial charge in [0.15, 0.2) is 0 Å². The first-order valence-electron chi connectivity index (χ1n) is 8.18. The van der Waals surface area contributed by atoms with Crippen molar-refractivity contribution in [3.05, 3.63) is 0 Å². The third kappa shape index (κ3) is 8.40. The lowest BCUT2D eigenvalue weighted by atomic mass is 9.18. The third-order valence-corrected chi connectivity index (χ3v) is 6.05. The summed E-state index contributed by atoms with van der Waals surface area (Å²) in [6.07, 6.45) is 4.32. The predicted molar refractivity (Wildman–Crippen MR) is 92.8 cm³/mol. The van der Waals surface area contributed by atoms with Gasteiger partial charge in [-0.2, -0.15) is 24.9 Å². The largest absolute Gasteiger partial charge is 0.182 e. The summed E-state index contributed by atoms with van der Waals surface area (Å²) in [5, 5.41) is 0. The van der Waals surface area contributed by atoms with Crippen LogP contribution in [0.15, 0.2) is 0 Å². The lowest BCUT2D eigenvalue weighted by Crippen LogP contribution is -2.45. The van der Waals surface area contributed by atoms with E-state index in [0.717, 1.165) is 17.8 Å². The second-order valence-corrected chi connectivity index (χ2v) is 14.9. The molecule has 0 radical (unpaired) electrons. The molecule has 0 bridgehead atoms. The van der Waals surface area contributed by atoms with Crippen LogP contribution in [0.4, 0.5) is 0 Å². The van der Waals surface area contributed by atoms with Crippen molar-refractivity contribution in [2.24, 2.45) is 17.8 Å². The minimum absolute atomic E-state index is 0.140. The third-order valence-electron chi connectivity index (χ3n) is 3.96. The molecule has 0 amide bonds. The molecule has 0 aliphatic heterocycles. The maximum Gasteiger partial charge on any atom is 0.00985 e. The fraction of sp³-hybridized carbons (Fsp3) is 1.00. The first-order valence-corrected chi connectivity index (χ1v) is 11.9. The van der Waals surface area contributed by atoms with Gasteiger partial charge in [0.05, 0.1) is 0 Å². The van der Waals surface area contributed by atoms with Crippen LogP contribution in [-0.4, -0.2) is 14.2 Å². The van der Waals surface area contributed by atoms with Crippen LogP contribution < -0.4 is 0 Å². The van der Waals surface area contributed by atoms with Crippen molar-refractivity contribution in [1.29, 1.82) is 0 Å². The Kier molecular flexibility index (Phi) is 7.28. The zero-order valence-corrected chi connectivity index (χ0v) is 15.6. The minimum atomic E-state index is -0.965. The van der Waals surface area contributed by atoms with E-state index in [9.17, 15) is 0 Å². The smallest absolute Gasteiger partial charge is 0.00985 e. The maximum absolute atomic E-state index is 2.56. The SMILES string of the molecule is CC(C)C[B-](CC(C)C)(CC(C)C)C[Si](C)(C)C. The highest BCUT2D eigenvalue weighted by Gasteiger charge is 2.31. The molecular weight excluding hydrogens is 231 g/mol. The quantitative estimate of drug-likeness (QED) is 0.455. The Balaban J connectivity index is 5.10. The minimum Gasteiger partial charge on any atom is -0.182 e. The summed E-state index contributed by atoms with van der Waals surface area (Å²) < 4.78 is 0. The van der Waals surface area contributed by atoms with Crippen molar-refractivity contribution in [3.63, 3.8) is 0 Å². The molecular formula is C16H38BSi-. The van der Waals surface area contributed by atoms with E-state index in [1.54, 1.807) is 5.94 Å². The van der Waals surface area contributed by atoms with Crippen molar-refractivity contribution in [3.8, 4) is 0 Å². The molecule has 0 fully saturated rings. The lowest BCUT2D eigenvalue weighted by molar-refractivity contribution is 0.643. The normalized spacial score (nSPS) is 14.0. The van der Waals surface area contributed by atoms with Gasteiger partial charge in [0.2, 0.25) is 0 Å². The molecule has 0 N–H and O–H groups in total. The van der Waals surface area contributed by atoms with E-state index < -0.39 is 8.07 Å². The first kappa shape index (κ1) is 18.3. The average Bonchev–Trinajstić information content (AvgIpc) is 1.92. The van der Waals surface area contributed by atoms with Gasteiger partial charge in [0.1, 0.15) is 0 Å². The highest BCUT2D eigenvalue weighted by atomic mass is 28.3. The van der Waals surface area contributed by atoms with E-state index in [0.29, 0.717) is 0 Å². The van der Waals surface area contributed by atoms with E-state index in [4.69, 9.17) is 0 Å². The van der Waals surface area contributed by atoms with Crippen LogP contribution in [0.25, 0.3) is 0 Å². The number of hydrogen-bond donors (Lipinski definition) is 0. The van der Waals surface area contributed by atoms with Crippen molar-refractivity contribution in [2.45, 2.75) is 86.1 Å². The molecule has 0 rings (SSSR count). The Labute approximate surface area is 118 Å². The maximum atomic E-state index is 2.56. The Hall–Kier alpha value is 0.282. The molecule has 2 heteroatoms. The van der Waals surface area contributed by atoms with E-state index >= 15 is 0 Å². The van der Waals surface area contributed by atoms with Crippen LogP contribution >= 0.6 is 0 Å². The molecule has 0 saturated carbocycles. The monoisotopic (exact) mass is 269 g/mol. The van der Waals surface area contributed by atoms with Gasteiger partial charge >= 0.3 is 0 Å². The molecule has 110 valence electrons. The van der Waals surface area contributed by atoms with Crippen molar-refractivity contribution < 1.29 is 0 Å². The van der Waals surface area contributed by atoms with E-state index in [1.807, 2.05) is 0 Å². The topological polar surface area (TPSA) is 0 Å². The summed E-state index contributed by atoms with van der Waals surface area (Å²) in [6.45, 7) is 22.2. The molecule has 0 aliphatic rings. The molecule has 0 aromatic rings. The molecule has 0 spiro atoms. The molecule has 0 aromatic carbocycles. The number of rotatable bonds is 8. The average molecular weight is 269 g/mol. The fourth-order valence-electron chi connectivity index (χ4n) is 4.84. The molecule has 0 atom stereocenters. The summed E-state index contributed by atoms with van der Waals surface area (Å²) in [7, 11) is -0.965. The first-order chi connectivity index (χ1) is 7.96. The van der Waals surface area contributed by atoms with Gasteiger partial charge in [-0.3, -0.25) is 0 Å². The second kappa shape index (κ2) is 7.17. The van der Waals surface area contributed by atoms with Crippen LogP contribution in [0.5, 0.6) is 0 Å². The van der Waals surface area contributed by atoms with E-state index in [2.05, 4.69) is 61.2 Å². The fourth-order valence-corrected chi connectivity index (χ4v) is 7.94. The van der Waals surface area contributed by atoms with Crippen molar-refractivity contribution >= 4 is 14.2 Å². The Bertz CT molecular complexity index is 199. The van der Waals surface area contributed by atoms with Crippen LogP contribution in [0.1, 0.15) is 41.5 Å². The molecule has 18 heavy (non-hydrogen) atoms. The van der Waals surface area contributed by atoms with E-state index in [-0.39, 0.29) is 6.15 Å². The summed E-state index contributed by atoms with van der Waals surface area (Å²) in [5.41, 5.74) is 0. The molecule has 0 aliphatic carbocycles. The summed E-state index contributed by atoms with van der Waals surface area (Å²) in [5.74, 6) is 4.15. The van der Waals surface area contributed by atoms with Crippen molar-refractivity contribution in [1.82, 2.24) is 0 Å². The van der Waals surface area contributed by atoms with E-state index in [1.165, 1.54) is 19.0 Å². The summed E-state index contributed by atoms with van der Waals surface area (Å²) in [6, 6.07) is 0. The molecule has 0 aromatic heterocycles. The van der Waals surface area contributed by atoms with Gasteiger partial charge in [-0.15, -0.1) is 0 Å². The molecule has 0 unspecified atom stereocenters. The Morgan fingerprint density at radius 3 is 1.11 bits per heavy atom. The predicted octanol–water partition coefficient (Wildman–Crippen LogP) is 6.28. The van der Waals surface area contributed by atoms with Gasteiger partial charge in [0.25, 0.3) is 0 Å². The Morgan fingerprint density at radius 1 is 0.667 bits per heavy atom. The highest BCUT2D eigenvalue weighted by molar-refractivity contribution is 6.95. The van der Waals surface area contributed by atoms with Gasteiger partial charge in [-0.05, 0) is 6.15 Å². The lowest BCUT2D eigenvalue weighted by Gasteiger charge is -2.47. The molecule has 0 nitrogen and oxygen atoms in total. The molecule has 0 heterocycles. The Morgan fingerprint density at radius 2 is 0.944 bits per heavy atom. The van der Waals surface area contributed by atoms with Crippen LogP contribution in [0.2, 0.25) is 44.5 Å². The van der Waals surface area contributed by atoms with Gasteiger partial charge in [-0.1, -0.05) is 78.9 Å². The number of hydrogen-bond acceptors (Lipinski definition) is 0. The van der Waals surface area contributed by atoms with Gasteiger partial charge < -0.3 is 0 Å².